The highest BCUT2D eigenvalue weighted by atomic mass is 16.3. The topological polar surface area (TPSA) is 85.3 Å². The van der Waals surface area contributed by atoms with Gasteiger partial charge in [-0.15, -0.1) is 0 Å². The maximum Gasteiger partial charge on any atom is 0.237 e. The van der Waals surface area contributed by atoms with E-state index in [1.807, 2.05) is 13.8 Å². The van der Waals surface area contributed by atoms with E-state index in [0.29, 0.717) is 0 Å². The Labute approximate surface area is 94.0 Å². The van der Waals surface area contributed by atoms with Gasteiger partial charge in [0.25, 0.3) is 0 Å². The Kier molecular flexibility index (Phi) is 4.25. The summed E-state index contributed by atoms with van der Waals surface area (Å²) in [5.41, 5.74) is 5.62. The number of ketones is 1. The van der Waals surface area contributed by atoms with Crippen LogP contribution in [0.5, 0.6) is 0 Å². The Hall–Kier alpha value is -1.62. The highest BCUT2D eigenvalue weighted by Crippen LogP contribution is 2.01. The summed E-state index contributed by atoms with van der Waals surface area (Å²) >= 11 is 0. The molecule has 1 aromatic rings. The smallest absolute Gasteiger partial charge is 0.237 e. The number of Topliss-reactive ketones (excluding diaryl/α,β-unsaturated/α-hetero) is 1. The van der Waals surface area contributed by atoms with Gasteiger partial charge in [0.05, 0.1) is 18.8 Å². The van der Waals surface area contributed by atoms with Crippen molar-refractivity contribution in [2.75, 3.05) is 6.54 Å². The molecule has 0 bridgehead atoms. The minimum atomic E-state index is -0.593. The second kappa shape index (κ2) is 5.46. The Bertz CT molecular complexity index is 357. The normalized spacial score (nSPS) is 12.5. The van der Waals surface area contributed by atoms with Crippen LogP contribution in [0.3, 0.4) is 0 Å². The van der Waals surface area contributed by atoms with Crippen molar-refractivity contribution in [2.24, 2.45) is 11.7 Å². The van der Waals surface area contributed by atoms with Gasteiger partial charge in [-0.05, 0) is 18.1 Å². The second-order valence-electron chi connectivity index (χ2n) is 3.89. The predicted octanol–water partition coefficient (Wildman–Crippen LogP) is 0.562. The average Bonchev–Trinajstić information content (AvgIpc) is 2.77. The molecule has 5 heteroatoms. The maximum atomic E-state index is 11.5. The summed E-state index contributed by atoms with van der Waals surface area (Å²) in [7, 11) is 0. The monoisotopic (exact) mass is 224 g/mol. The van der Waals surface area contributed by atoms with Crippen molar-refractivity contribution in [1.82, 2.24) is 5.32 Å². The van der Waals surface area contributed by atoms with E-state index in [0.717, 1.165) is 0 Å². The summed E-state index contributed by atoms with van der Waals surface area (Å²) in [6, 6.07) is 2.58. The summed E-state index contributed by atoms with van der Waals surface area (Å²) in [6.07, 6.45) is 1.41. The fourth-order valence-electron chi connectivity index (χ4n) is 1.11. The number of rotatable bonds is 5. The number of hydrogen-bond acceptors (Lipinski definition) is 4. The van der Waals surface area contributed by atoms with Crippen molar-refractivity contribution < 1.29 is 14.0 Å². The molecule has 0 radical (unpaired) electrons. The van der Waals surface area contributed by atoms with Crippen LogP contribution in [-0.4, -0.2) is 24.3 Å². The molecule has 88 valence electrons. The molecule has 1 heterocycles. The molecule has 1 atom stereocenters. The van der Waals surface area contributed by atoms with Crippen LogP contribution in [0.15, 0.2) is 22.8 Å². The van der Waals surface area contributed by atoms with Gasteiger partial charge in [-0.1, -0.05) is 13.8 Å². The molecule has 3 N–H and O–H groups in total. The first-order valence-corrected chi connectivity index (χ1v) is 5.12. The molecular formula is C11H16N2O3. The zero-order chi connectivity index (χ0) is 12.1. The van der Waals surface area contributed by atoms with E-state index in [-0.39, 0.29) is 29.9 Å². The molecule has 0 aromatic carbocycles. The van der Waals surface area contributed by atoms with Crippen LogP contribution in [0.1, 0.15) is 24.4 Å². The minimum Gasteiger partial charge on any atom is -0.461 e. The average molecular weight is 224 g/mol. The number of amides is 1. The minimum absolute atomic E-state index is 0.0405. The Morgan fingerprint density at radius 1 is 1.50 bits per heavy atom. The number of furan rings is 1. The fraction of sp³-hybridized carbons (Fsp3) is 0.455. The largest absolute Gasteiger partial charge is 0.461 e. The Morgan fingerprint density at radius 2 is 2.19 bits per heavy atom. The highest BCUT2D eigenvalue weighted by molar-refractivity contribution is 5.97. The first kappa shape index (κ1) is 12.4. The van der Waals surface area contributed by atoms with Crippen molar-refractivity contribution in [3.8, 4) is 0 Å². The molecule has 0 aliphatic carbocycles. The third-order valence-electron chi connectivity index (χ3n) is 2.24. The van der Waals surface area contributed by atoms with Crippen molar-refractivity contribution in [3.63, 3.8) is 0 Å². The van der Waals surface area contributed by atoms with Gasteiger partial charge in [-0.3, -0.25) is 9.59 Å². The Balaban J connectivity index is 2.41. The first-order chi connectivity index (χ1) is 7.52. The van der Waals surface area contributed by atoms with E-state index < -0.39 is 6.04 Å². The zero-order valence-corrected chi connectivity index (χ0v) is 9.40. The molecule has 1 unspecified atom stereocenters. The van der Waals surface area contributed by atoms with E-state index in [1.54, 1.807) is 12.1 Å². The standard InChI is InChI=1S/C11H16N2O3/c1-7(2)10(12)11(15)13-6-8(14)9-4-3-5-16-9/h3-5,7,10H,6,12H2,1-2H3,(H,13,15). The molecule has 1 amide bonds. The molecule has 5 nitrogen and oxygen atoms in total. The lowest BCUT2D eigenvalue weighted by Crippen LogP contribution is -2.45. The van der Waals surface area contributed by atoms with Gasteiger partial charge in [-0.2, -0.15) is 0 Å². The molecule has 0 saturated carbocycles. The lowest BCUT2D eigenvalue weighted by atomic mass is 10.1. The number of carbonyl (C=O) groups is 2. The third kappa shape index (κ3) is 3.20. The van der Waals surface area contributed by atoms with E-state index in [9.17, 15) is 9.59 Å². The van der Waals surface area contributed by atoms with Gasteiger partial charge in [0.15, 0.2) is 5.76 Å². The van der Waals surface area contributed by atoms with Gasteiger partial charge in [0, 0.05) is 0 Å². The molecule has 0 saturated heterocycles. The van der Waals surface area contributed by atoms with Crippen LogP contribution in [0.4, 0.5) is 0 Å². The molecule has 0 spiro atoms. The van der Waals surface area contributed by atoms with Gasteiger partial charge < -0.3 is 15.5 Å². The number of carbonyl (C=O) groups excluding carboxylic acids is 2. The van der Waals surface area contributed by atoms with Crippen LogP contribution < -0.4 is 11.1 Å². The quantitative estimate of drug-likeness (QED) is 0.716. The second-order valence-corrected chi connectivity index (χ2v) is 3.89. The van der Waals surface area contributed by atoms with E-state index >= 15 is 0 Å². The van der Waals surface area contributed by atoms with Gasteiger partial charge in [0.1, 0.15) is 0 Å². The van der Waals surface area contributed by atoms with Crippen molar-refractivity contribution >= 4 is 11.7 Å². The SMILES string of the molecule is CC(C)C(N)C(=O)NCC(=O)c1ccco1. The van der Waals surface area contributed by atoms with Crippen LogP contribution in [0.2, 0.25) is 0 Å². The molecule has 1 aromatic heterocycles. The molecule has 0 fully saturated rings. The third-order valence-corrected chi connectivity index (χ3v) is 2.24. The Morgan fingerprint density at radius 3 is 2.69 bits per heavy atom. The molecule has 0 aliphatic heterocycles. The van der Waals surface area contributed by atoms with Crippen molar-refractivity contribution in [1.29, 1.82) is 0 Å². The van der Waals surface area contributed by atoms with E-state index in [1.165, 1.54) is 6.26 Å². The lowest BCUT2D eigenvalue weighted by Gasteiger charge is -2.14. The number of nitrogens with one attached hydrogen (secondary N) is 1. The molecule has 0 aliphatic rings. The maximum absolute atomic E-state index is 11.5. The summed E-state index contributed by atoms with van der Waals surface area (Å²) in [5.74, 6) is -0.318. The fourth-order valence-corrected chi connectivity index (χ4v) is 1.11. The lowest BCUT2D eigenvalue weighted by molar-refractivity contribution is -0.123. The van der Waals surface area contributed by atoms with E-state index in [4.69, 9.17) is 10.2 Å². The summed E-state index contributed by atoms with van der Waals surface area (Å²) in [4.78, 5) is 22.9. The number of nitrogens with two attached hydrogens (primary N) is 1. The summed E-state index contributed by atoms with van der Waals surface area (Å²) in [5, 5.41) is 2.48. The van der Waals surface area contributed by atoms with Gasteiger partial charge >= 0.3 is 0 Å². The van der Waals surface area contributed by atoms with Gasteiger partial charge in [-0.25, -0.2) is 0 Å². The first-order valence-electron chi connectivity index (χ1n) is 5.12. The predicted molar refractivity (Wildman–Crippen MR) is 58.9 cm³/mol. The zero-order valence-electron chi connectivity index (χ0n) is 9.40. The van der Waals surface area contributed by atoms with Crippen molar-refractivity contribution in [2.45, 2.75) is 19.9 Å². The van der Waals surface area contributed by atoms with Crippen LogP contribution in [0.25, 0.3) is 0 Å². The van der Waals surface area contributed by atoms with Crippen LogP contribution >= 0.6 is 0 Å². The van der Waals surface area contributed by atoms with Crippen molar-refractivity contribution in [3.05, 3.63) is 24.2 Å². The highest BCUT2D eigenvalue weighted by Gasteiger charge is 2.18. The molecular weight excluding hydrogens is 208 g/mol. The molecule has 1 rings (SSSR count). The van der Waals surface area contributed by atoms with Crippen LogP contribution in [0, 0.1) is 5.92 Å². The molecule has 16 heavy (non-hydrogen) atoms. The summed E-state index contributed by atoms with van der Waals surface area (Å²) in [6.45, 7) is 3.60. The summed E-state index contributed by atoms with van der Waals surface area (Å²) < 4.78 is 4.90. The van der Waals surface area contributed by atoms with Gasteiger partial charge in [0.2, 0.25) is 11.7 Å². The van der Waals surface area contributed by atoms with E-state index in [2.05, 4.69) is 5.32 Å². The number of hydrogen-bond donors (Lipinski definition) is 2. The van der Waals surface area contributed by atoms with Crippen LogP contribution in [-0.2, 0) is 4.79 Å².